The molecule has 3 aromatic carbocycles. The quantitative estimate of drug-likeness (QED) is 0.345. The van der Waals surface area contributed by atoms with E-state index in [9.17, 15) is 14.7 Å². The lowest BCUT2D eigenvalue weighted by Gasteiger charge is -2.24. The maximum absolute atomic E-state index is 13.3. The predicted octanol–water partition coefficient (Wildman–Crippen LogP) is 6.25. The highest BCUT2D eigenvalue weighted by atomic mass is 16.5. The van der Waals surface area contributed by atoms with Gasteiger partial charge in [0.15, 0.2) is 6.61 Å². The molecule has 1 amide bonds. The van der Waals surface area contributed by atoms with E-state index in [1.165, 1.54) is 5.56 Å². The van der Waals surface area contributed by atoms with Crippen molar-refractivity contribution in [2.75, 3.05) is 13.7 Å². The third-order valence-electron chi connectivity index (χ3n) is 6.16. The minimum Gasteiger partial charge on any atom is -0.497 e. The summed E-state index contributed by atoms with van der Waals surface area (Å²) in [6.07, 6.45) is 0. The highest BCUT2D eigenvalue weighted by molar-refractivity contribution is 5.91. The molecule has 0 saturated heterocycles. The number of benzene rings is 3. The first-order valence-electron chi connectivity index (χ1n) is 12.2. The molecule has 0 fully saturated rings. The van der Waals surface area contributed by atoms with Crippen LogP contribution in [0.5, 0.6) is 11.5 Å². The zero-order chi connectivity index (χ0) is 26.2. The van der Waals surface area contributed by atoms with Crippen LogP contribution in [0.15, 0.2) is 66.7 Å². The number of rotatable bonds is 11. The lowest BCUT2D eigenvalue weighted by molar-refractivity contribution is -0.134. The fourth-order valence-electron chi connectivity index (χ4n) is 3.84. The zero-order valence-electron chi connectivity index (χ0n) is 21.7. The number of carbonyl (C=O) groups is 2. The van der Waals surface area contributed by atoms with E-state index in [0.717, 1.165) is 22.4 Å². The summed E-state index contributed by atoms with van der Waals surface area (Å²) in [5.41, 5.74) is 4.16. The van der Waals surface area contributed by atoms with Crippen molar-refractivity contribution >= 4 is 11.9 Å². The topological polar surface area (TPSA) is 76.1 Å². The Kier molecular flexibility index (Phi) is 9.12. The van der Waals surface area contributed by atoms with E-state index in [-0.39, 0.29) is 29.7 Å². The fourth-order valence-corrected chi connectivity index (χ4v) is 3.84. The van der Waals surface area contributed by atoms with Crippen LogP contribution < -0.4 is 9.47 Å². The van der Waals surface area contributed by atoms with Crippen molar-refractivity contribution in [3.63, 3.8) is 0 Å². The first-order valence-corrected chi connectivity index (χ1v) is 12.2. The van der Waals surface area contributed by atoms with Gasteiger partial charge in [-0.15, -0.1) is 0 Å². The second kappa shape index (κ2) is 12.2. The van der Waals surface area contributed by atoms with Crippen LogP contribution in [0.1, 0.15) is 72.1 Å². The van der Waals surface area contributed by atoms with E-state index >= 15 is 0 Å². The smallest absolute Gasteiger partial charge is 0.339 e. The highest BCUT2D eigenvalue weighted by Gasteiger charge is 2.19. The van der Waals surface area contributed by atoms with Gasteiger partial charge < -0.3 is 19.5 Å². The largest absolute Gasteiger partial charge is 0.497 e. The summed E-state index contributed by atoms with van der Waals surface area (Å²) in [6.45, 7) is 8.81. The SMILES string of the molecule is COc1ccc(CN(Cc2ccc(C(C)C)cc2)C(=O)COc2ccc(C(C)C)cc2C(=O)O)cc1. The van der Waals surface area contributed by atoms with Crippen molar-refractivity contribution in [3.05, 3.63) is 94.5 Å². The molecular formula is C30H35NO5. The maximum Gasteiger partial charge on any atom is 0.339 e. The monoisotopic (exact) mass is 489 g/mol. The fraction of sp³-hybridized carbons (Fsp3) is 0.333. The Labute approximate surface area is 213 Å². The van der Waals surface area contributed by atoms with E-state index in [1.807, 2.05) is 56.3 Å². The number of methoxy groups -OCH3 is 1. The van der Waals surface area contributed by atoms with Gasteiger partial charge in [-0.05, 0) is 58.4 Å². The first-order chi connectivity index (χ1) is 17.2. The third-order valence-corrected chi connectivity index (χ3v) is 6.16. The van der Waals surface area contributed by atoms with Gasteiger partial charge in [-0.3, -0.25) is 4.79 Å². The van der Waals surface area contributed by atoms with Crippen molar-refractivity contribution < 1.29 is 24.2 Å². The molecule has 0 unspecified atom stereocenters. The van der Waals surface area contributed by atoms with Crippen LogP contribution in [0.3, 0.4) is 0 Å². The highest BCUT2D eigenvalue weighted by Crippen LogP contribution is 2.25. The molecule has 0 aliphatic carbocycles. The molecule has 0 bridgehead atoms. The van der Waals surface area contributed by atoms with E-state index < -0.39 is 5.97 Å². The van der Waals surface area contributed by atoms with Gasteiger partial charge in [0.05, 0.1) is 7.11 Å². The number of nitrogens with zero attached hydrogens (tertiary/aromatic N) is 1. The molecule has 190 valence electrons. The number of aromatic carboxylic acids is 1. The van der Waals surface area contributed by atoms with E-state index in [1.54, 1.807) is 24.1 Å². The van der Waals surface area contributed by atoms with Gasteiger partial charge in [0.2, 0.25) is 0 Å². The lowest BCUT2D eigenvalue weighted by atomic mass is 10.0. The normalized spacial score (nSPS) is 11.0. The predicted molar refractivity (Wildman–Crippen MR) is 141 cm³/mol. The van der Waals surface area contributed by atoms with Crippen LogP contribution in [-0.4, -0.2) is 35.6 Å². The molecule has 0 aliphatic rings. The Morgan fingerprint density at radius 3 is 1.83 bits per heavy atom. The number of ether oxygens (including phenoxy) is 2. The number of carboxylic acid groups (broad SMARTS) is 1. The molecule has 36 heavy (non-hydrogen) atoms. The van der Waals surface area contributed by atoms with Gasteiger partial charge in [0.25, 0.3) is 5.91 Å². The van der Waals surface area contributed by atoms with Crippen molar-refractivity contribution in [1.29, 1.82) is 0 Å². The Morgan fingerprint density at radius 1 is 0.806 bits per heavy atom. The standard InChI is InChI=1S/C30H35NO5/c1-20(2)24-10-6-22(7-11-24)17-31(18-23-8-13-26(35-5)14-9-23)29(32)19-36-28-15-12-25(21(3)4)16-27(28)30(33)34/h6-16,20-21H,17-19H2,1-5H3,(H,33,34). The number of carboxylic acids is 1. The average molecular weight is 490 g/mol. The van der Waals surface area contributed by atoms with Crippen LogP contribution in [0.4, 0.5) is 0 Å². The van der Waals surface area contributed by atoms with Gasteiger partial charge in [-0.2, -0.15) is 0 Å². The molecule has 0 heterocycles. The minimum absolute atomic E-state index is 0.0555. The molecule has 0 saturated carbocycles. The summed E-state index contributed by atoms with van der Waals surface area (Å²) >= 11 is 0. The zero-order valence-corrected chi connectivity index (χ0v) is 21.7. The van der Waals surface area contributed by atoms with Crippen molar-refractivity contribution in [3.8, 4) is 11.5 Å². The number of hydrogen-bond acceptors (Lipinski definition) is 4. The number of amides is 1. The molecule has 6 nitrogen and oxygen atoms in total. The Bertz CT molecular complexity index is 1170. The molecule has 0 atom stereocenters. The summed E-state index contributed by atoms with van der Waals surface area (Å²) in [4.78, 5) is 26.8. The molecule has 0 aliphatic heterocycles. The summed E-state index contributed by atoms with van der Waals surface area (Å²) in [5.74, 6) is 0.223. The summed E-state index contributed by atoms with van der Waals surface area (Å²) < 4.78 is 11.0. The third kappa shape index (κ3) is 7.11. The van der Waals surface area contributed by atoms with Gasteiger partial charge in [0, 0.05) is 13.1 Å². The molecule has 0 aromatic heterocycles. The molecule has 3 aromatic rings. The Balaban J connectivity index is 1.80. The molecule has 3 rings (SSSR count). The Hall–Kier alpha value is -3.80. The van der Waals surface area contributed by atoms with Gasteiger partial charge in [-0.1, -0.05) is 70.2 Å². The Morgan fingerprint density at radius 2 is 1.33 bits per heavy atom. The molecule has 0 spiro atoms. The van der Waals surface area contributed by atoms with Crippen LogP contribution in [-0.2, 0) is 17.9 Å². The van der Waals surface area contributed by atoms with Crippen LogP contribution in [0.2, 0.25) is 0 Å². The maximum atomic E-state index is 13.3. The van der Waals surface area contributed by atoms with Crippen LogP contribution in [0.25, 0.3) is 0 Å². The van der Waals surface area contributed by atoms with Crippen molar-refractivity contribution in [2.24, 2.45) is 0 Å². The van der Waals surface area contributed by atoms with E-state index in [4.69, 9.17) is 9.47 Å². The number of carbonyl (C=O) groups excluding carboxylic acids is 1. The van der Waals surface area contributed by atoms with Crippen LogP contribution >= 0.6 is 0 Å². The lowest BCUT2D eigenvalue weighted by Crippen LogP contribution is -2.34. The van der Waals surface area contributed by atoms with Crippen molar-refractivity contribution in [2.45, 2.75) is 52.6 Å². The summed E-state index contributed by atoms with van der Waals surface area (Å²) in [6, 6.07) is 20.9. The summed E-state index contributed by atoms with van der Waals surface area (Å²) in [7, 11) is 1.61. The molecular weight excluding hydrogens is 454 g/mol. The number of hydrogen-bond donors (Lipinski definition) is 1. The van der Waals surface area contributed by atoms with Gasteiger partial charge in [0.1, 0.15) is 17.1 Å². The van der Waals surface area contributed by atoms with Crippen molar-refractivity contribution in [1.82, 2.24) is 4.90 Å². The van der Waals surface area contributed by atoms with Gasteiger partial charge in [-0.25, -0.2) is 4.79 Å². The first kappa shape index (κ1) is 26.8. The van der Waals surface area contributed by atoms with Crippen LogP contribution in [0, 0.1) is 0 Å². The van der Waals surface area contributed by atoms with E-state index in [0.29, 0.717) is 19.0 Å². The second-order valence-corrected chi connectivity index (χ2v) is 9.50. The minimum atomic E-state index is -1.08. The average Bonchev–Trinajstić information content (AvgIpc) is 2.87. The molecule has 6 heteroatoms. The van der Waals surface area contributed by atoms with E-state index in [2.05, 4.69) is 26.0 Å². The molecule has 1 N–H and O–H groups in total. The summed E-state index contributed by atoms with van der Waals surface area (Å²) in [5, 5.41) is 9.65. The second-order valence-electron chi connectivity index (χ2n) is 9.50. The molecule has 0 radical (unpaired) electrons. The van der Waals surface area contributed by atoms with Gasteiger partial charge >= 0.3 is 5.97 Å².